The Kier molecular flexibility index (Phi) is 6.04. The molecular weight excluding hydrogens is 480 g/mol. The fourth-order valence-electron chi connectivity index (χ4n) is 7.34. The van der Waals surface area contributed by atoms with E-state index in [1.807, 2.05) is 13.8 Å². The van der Waals surface area contributed by atoms with Gasteiger partial charge in [-0.25, -0.2) is 0 Å². The molecule has 37 heavy (non-hydrogen) atoms. The number of hydrogen-bond acceptors (Lipinski definition) is 9. The minimum Gasteiger partial charge on any atom is -0.468 e. The van der Waals surface area contributed by atoms with Crippen molar-refractivity contribution in [1.29, 1.82) is 0 Å². The second kappa shape index (κ2) is 8.46. The van der Waals surface area contributed by atoms with Gasteiger partial charge in [0.05, 0.1) is 34.1 Å². The molecule has 1 saturated carbocycles. The number of nitrogens with zero attached hydrogens (tertiary/aromatic N) is 3. The molecule has 0 heterocycles. The van der Waals surface area contributed by atoms with Crippen LogP contribution in [0.1, 0.15) is 66.7 Å². The third kappa shape index (κ3) is 4.51. The molecule has 11 nitrogen and oxygen atoms in total. The number of rotatable bonds is 5. The number of nitro groups is 2. The molecule has 1 fully saturated rings. The molecule has 0 aliphatic heterocycles. The first-order valence-electron chi connectivity index (χ1n) is 12.2. The topological polar surface area (TPSA) is 154 Å². The first-order chi connectivity index (χ1) is 17.0. The zero-order valence-corrected chi connectivity index (χ0v) is 22.0. The van der Waals surface area contributed by atoms with E-state index in [9.17, 15) is 29.8 Å². The second-order valence-corrected chi connectivity index (χ2v) is 12.4. The van der Waals surface area contributed by atoms with Gasteiger partial charge in [0.15, 0.2) is 0 Å². The number of nitro benzene ring substituents is 2. The summed E-state index contributed by atoms with van der Waals surface area (Å²) in [7, 11) is 1.34. The Balaban J connectivity index is 1.82. The summed E-state index contributed by atoms with van der Waals surface area (Å²) in [4.78, 5) is 48.6. The number of methoxy groups -OCH3 is 1. The van der Waals surface area contributed by atoms with Crippen molar-refractivity contribution in [2.45, 2.75) is 66.7 Å². The highest BCUT2D eigenvalue weighted by Crippen LogP contribution is 2.65. The second-order valence-electron chi connectivity index (χ2n) is 12.4. The number of carbonyl (C=O) groups excluding carboxylic acids is 2. The molecule has 2 atom stereocenters. The summed E-state index contributed by atoms with van der Waals surface area (Å²) in [5, 5.41) is 26.9. The van der Waals surface area contributed by atoms with Crippen molar-refractivity contribution in [2.75, 3.05) is 12.5 Å². The van der Waals surface area contributed by atoms with Gasteiger partial charge in [-0.1, -0.05) is 40.2 Å². The highest BCUT2D eigenvalue weighted by molar-refractivity contribution is 6.49. The summed E-state index contributed by atoms with van der Waals surface area (Å²) in [6.45, 7) is 10.2. The molecule has 1 aromatic carbocycles. The van der Waals surface area contributed by atoms with Crippen LogP contribution < -0.4 is 5.43 Å². The SMILES string of the molecule is COC(=O)[C@@]12CC(C)(C)C[C@@](C)(CC3=C1C(=O)/C(=N\Nc1cc([N+](=O)[O-])cc([N+](=O)[O-])c1)C(C)(C)C3)C2. The van der Waals surface area contributed by atoms with Gasteiger partial charge in [-0.3, -0.25) is 35.2 Å². The van der Waals surface area contributed by atoms with Crippen LogP contribution in [-0.2, 0) is 14.3 Å². The van der Waals surface area contributed by atoms with Crippen molar-refractivity contribution in [3.63, 3.8) is 0 Å². The largest absolute Gasteiger partial charge is 0.468 e. The van der Waals surface area contributed by atoms with E-state index in [0.717, 1.165) is 30.2 Å². The van der Waals surface area contributed by atoms with Crippen LogP contribution in [0.2, 0.25) is 0 Å². The predicted molar refractivity (Wildman–Crippen MR) is 136 cm³/mol. The van der Waals surface area contributed by atoms with Crippen molar-refractivity contribution in [2.24, 2.45) is 26.8 Å². The molecule has 4 rings (SSSR count). The van der Waals surface area contributed by atoms with Gasteiger partial charge in [-0.05, 0) is 42.9 Å². The number of ether oxygens (including phenoxy) is 1. The Bertz CT molecular complexity index is 1260. The van der Waals surface area contributed by atoms with Gasteiger partial charge in [0, 0.05) is 23.1 Å². The molecule has 0 aromatic heterocycles. The molecule has 0 amide bonds. The van der Waals surface area contributed by atoms with Crippen molar-refractivity contribution < 1.29 is 24.2 Å². The Morgan fingerprint density at radius 2 is 1.57 bits per heavy atom. The van der Waals surface area contributed by atoms with Crippen LogP contribution in [0.15, 0.2) is 34.4 Å². The van der Waals surface area contributed by atoms with Gasteiger partial charge in [0.2, 0.25) is 5.78 Å². The number of nitrogens with one attached hydrogen (secondary N) is 1. The molecule has 3 aliphatic carbocycles. The van der Waals surface area contributed by atoms with Crippen LogP contribution >= 0.6 is 0 Å². The molecule has 1 N–H and O–H groups in total. The molecule has 0 unspecified atom stereocenters. The molecular formula is C26H32N4O7. The monoisotopic (exact) mass is 512 g/mol. The normalized spacial score (nSPS) is 28.9. The van der Waals surface area contributed by atoms with Gasteiger partial charge in [-0.2, -0.15) is 5.10 Å². The first-order valence-corrected chi connectivity index (χ1v) is 12.2. The predicted octanol–water partition coefficient (Wildman–Crippen LogP) is 5.35. The van der Waals surface area contributed by atoms with Crippen LogP contribution in [-0.4, -0.2) is 34.4 Å². The van der Waals surface area contributed by atoms with Crippen LogP contribution in [0, 0.1) is 41.9 Å². The highest BCUT2D eigenvalue weighted by atomic mass is 16.6. The lowest BCUT2D eigenvalue weighted by Gasteiger charge is -2.57. The molecule has 0 saturated heterocycles. The highest BCUT2D eigenvalue weighted by Gasteiger charge is 2.62. The maximum atomic E-state index is 14.1. The Hall–Kier alpha value is -3.63. The molecule has 198 valence electrons. The number of ketones is 1. The van der Waals surface area contributed by atoms with E-state index in [-0.39, 0.29) is 28.0 Å². The smallest absolute Gasteiger partial charge is 0.316 e. The molecule has 11 heteroatoms. The molecule has 3 aliphatic rings. The average molecular weight is 513 g/mol. The Morgan fingerprint density at radius 1 is 0.973 bits per heavy atom. The van der Waals surface area contributed by atoms with E-state index in [1.165, 1.54) is 7.11 Å². The van der Waals surface area contributed by atoms with E-state index < -0.39 is 38.0 Å². The lowest BCUT2D eigenvalue weighted by molar-refractivity contribution is -0.394. The number of esters is 1. The number of carbonyl (C=O) groups is 2. The van der Waals surface area contributed by atoms with Gasteiger partial charge >= 0.3 is 5.97 Å². The zero-order chi connectivity index (χ0) is 27.6. The maximum Gasteiger partial charge on any atom is 0.316 e. The van der Waals surface area contributed by atoms with Crippen LogP contribution in [0.5, 0.6) is 0 Å². The number of hydrogen-bond donors (Lipinski definition) is 1. The van der Waals surface area contributed by atoms with Crippen molar-refractivity contribution >= 4 is 34.5 Å². The maximum absolute atomic E-state index is 14.1. The van der Waals surface area contributed by atoms with Gasteiger partial charge < -0.3 is 4.74 Å². The number of anilines is 1. The van der Waals surface area contributed by atoms with Gasteiger partial charge in [-0.15, -0.1) is 0 Å². The summed E-state index contributed by atoms with van der Waals surface area (Å²) >= 11 is 0. The van der Waals surface area contributed by atoms with Crippen molar-refractivity contribution in [1.82, 2.24) is 0 Å². The number of allylic oxidation sites excluding steroid dienone is 1. The average Bonchev–Trinajstić information content (AvgIpc) is 2.75. The molecule has 2 bridgehead atoms. The van der Waals surface area contributed by atoms with Crippen LogP contribution in [0.4, 0.5) is 17.1 Å². The lowest BCUT2D eigenvalue weighted by Crippen LogP contribution is -2.56. The van der Waals surface area contributed by atoms with Crippen LogP contribution in [0.3, 0.4) is 0 Å². The summed E-state index contributed by atoms with van der Waals surface area (Å²) < 4.78 is 5.28. The summed E-state index contributed by atoms with van der Waals surface area (Å²) in [5.41, 5.74) is 1.14. The third-order valence-electron chi connectivity index (χ3n) is 7.82. The number of hydrazone groups is 1. The van der Waals surface area contributed by atoms with E-state index in [0.29, 0.717) is 31.3 Å². The summed E-state index contributed by atoms with van der Waals surface area (Å²) in [6, 6.07) is 3.09. The molecule has 1 aromatic rings. The fourth-order valence-corrected chi connectivity index (χ4v) is 7.34. The van der Waals surface area contributed by atoms with E-state index >= 15 is 0 Å². The summed E-state index contributed by atoms with van der Waals surface area (Å²) in [5.74, 6) is -0.780. The quantitative estimate of drug-likeness (QED) is 0.315. The first kappa shape index (κ1) is 26.4. The number of Topliss-reactive ketones (excluding diaryl/α,β-unsaturated/α-hetero) is 1. The molecule has 0 radical (unpaired) electrons. The molecule has 0 spiro atoms. The van der Waals surface area contributed by atoms with Gasteiger partial charge in [0.25, 0.3) is 11.4 Å². The van der Waals surface area contributed by atoms with Crippen LogP contribution in [0.25, 0.3) is 0 Å². The standard InChI is InChI=1S/C26H32N4O7/c1-23(2)12-25(5)11-15-10-24(3,4)21(20(31)19(15)26(13-23,14-25)22(32)37-6)28-27-16-7-17(29(33)34)9-18(8-16)30(35)36/h7-9,27H,10-14H2,1-6H3/b28-21+/t25-,26-/m1/s1. The lowest BCUT2D eigenvalue weighted by atomic mass is 9.45. The zero-order valence-electron chi connectivity index (χ0n) is 22.0. The summed E-state index contributed by atoms with van der Waals surface area (Å²) in [6.07, 6.45) is 3.14. The van der Waals surface area contributed by atoms with Gasteiger partial charge in [0.1, 0.15) is 5.71 Å². The fraction of sp³-hybridized carbons (Fsp3) is 0.577. The van der Waals surface area contributed by atoms with E-state index in [2.05, 4.69) is 31.3 Å². The minimum absolute atomic E-state index is 0.00877. The number of benzene rings is 1. The third-order valence-corrected chi connectivity index (χ3v) is 7.82. The minimum atomic E-state index is -1.09. The Morgan fingerprint density at radius 3 is 2.11 bits per heavy atom. The van der Waals surface area contributed by atoms with E-state index in [4.69, 9.17) is 4.74 Å². The number of fused-ring (bicyclic) bond motifs is 3. The number of non-ortho nitro benzene ring substituents is 2. The van der Waals surface area contributed by atoms with E-state index in [1.54, 1.807) is 0 Å². The van der Waals surface area contributed by atoms with Crippen molar-refractivity contribution in [3.8, 4) is 0 Å². The Labute approximate surface area is 214 Å². The van der Waals surface area contributed by atoms with Crippen molar-refractivity contribution in [3.05, 3.63) is 49.6 Å².